The SMILES string of the molecule is CC1CC(=O)c2c(N3CCNC4(CCC4)C3)c(F)cc3c(=O)c(C(=O)O)cn1c23. The van der Waals surface area contributed by atoms with Crippen molar-refractivity contribution in [3.8, 4) is 0 Å². The van der Waals surface area contributed by atoms with Gasteiger partial charge in [-0.2, -0.15) is 0 Å². The lowest BCUT2D eigenvalue weighted by atomic mass is 9.75. The number of Topliss-reactive ketones (excluding diaryl/α,β-unsaturated/α-hetero) is 1. The van der Waals surface area contributed by atoms with Crippen LogP contribution in [-0.2, 0) is 0 Å². The number of halogens is 1. The maximum absolute atomic E-state index is 15.4. The van der Waals surface area contributed by atoms with Crippen LogP contribution in [0.3, 0.4) is 0 Å². The zero-order chi connectivity index (χ0) is 20.5. The van der Waals surface area contributed by atoms with Gasteiger partial charge >= 0.3 is 5.97 Å². The molecule has 0 bridgehead atoms. The Morgan fingerprint density at radius 1 is 1.34 bits per heavy atom. The number of carboxylic acid groups (broad SMARTS) is 1. The third-order valence-electron chi connectivity index (χ3n) is 6.71. The normalized spacial score (nSPS) is 22.8. The molecule has 1 unspecified atom stereocenters. The second kappa shape index (κ2) is 6.13. The molecule has 0 radical (unpaired) electrons. The summed E-state index contributed by atoms with van der Waals surface area (Å²) in [6.07, 6.45) is 4.59. The molecule has 1 saturated carbocycles. The lowest BCUT2D eigenvalue weighted by molar-refractivity contribution is 0.0694. The Morgan fingerprint density at radius 2 is 2.10 bits per heavy atom. The lowest BCUT2D eigenvalue weighted by Gasteiger charge is -2.50. The highest BCUT2D eigenvalue weighted by atomic mass is 19.1. The van der Waals surface area contributed by atoms with E-state index in [2.05, 4.69) is 5.32 Å². The predicted octanol–water partition coefficient (Wildman–Crippen LogP) is 2.32. The quantitative estimate of drug-likeness (QED) is 0.805. The van der Waals surface area contributed by atoms with Gasteiger partial charge in [-0.1, -0.05) is 0 Å². The highest BCUT2D eigenvalue weighted by molar-refractivity contribution is 6.13. The van der Waals surface area contributed by atoms with E-state index in [1.165, 1.54) is 6.20 Å². The highest BCUT2D eigenvalue weighted by Crippen LogP contribution is 2.41. The summed E-state index contributed by atoms with van der Waals surface area (Å²) in [5.74, 6) is -2.21. The maximum atomic E-state index is 15.4. The van der Waals surface area contributed by atoms with Gasteiger partial charge < -0.3 is 19.9 Å². The first-order chi connectivity index (χ1) is 13.8. The van der Waals surface area contributed by atoms with Crippen LogP contribution >= 0.6 is 0 Å². The fourth-order valence-electron chi connectivity index (χ4n) is 5.11. The number of carbonyl (C=O) groups is 2. The first-order valence-corrected chi connectivity index (χ1v) is 9.99. The van der Waals surface area contributed by atoms with Gasteiger partial charge in [0.1, 0.15) is 11.4 Å². The molecule has 2 N–H and O–H groups in total. The summed E-state index contributed by atoms with van der Waals surface area (Å²) in [5.41, 5.74) is -0.395. The lowest BCUT2D eigenvalue weighted by Crippen LogP contribution is -2.64. The molecule has 0 amide bonds. The van der Waals surface area contributed by atoms with Crippen LogP contribution in [0.25, 0.3) is 10.9 Å². The van der Waals surface area contributed by atoms with Gasteiger partial charge in [-0.3, -0.25) is 9.59 Å². The average molecular weight is 399 g/mol. The molecule has 1 saturated heterocycles. The minimum atomic E-state index is -1.36. The van der Waals surface area contributed by atoms with Crippen LogP contribution in [0, 0.1) is 5.82 Å². The first kappa shape index (κ1) is 18.3. The molecule has 2 aliphatic heterocycles. The van der Waals surface area contributed by atoms with E-state index in [4.69, 9.17) is 0 Å². The smallest absolute Gasteiger partial charge is 0.341 e. The number of aromatic carboxylic acids is 1. The Balaban J connectivity index is 1.79. The summed E-state index contributed by atoms with van der Waals surface area (Å²) in [6.45, 7) is 3.68. The van der Waals surface area contributed by atoms with Crippen LogP contribution in [0.1, 0.15) is 59.4 Å². The number of benzene rings is 1. The van der Waals surface area contributed by atoms with Crippen molar-refractivity contribution in [1.82, 2.24) is 9.88 Å². The van der Waals surface area contributed by atoms with Crippen LogP contribution in [0.2, 0.25) is 0 Å². The van der Waals surface area contributed by atoms with Crippen molar-refractivity contribution in [2.24, 2.45) is 0 Å². The van der Waals surface area contributed by atoms with E-state index < -0.39 is 22.8 Å². The van der Waals surface area contributed by atoms with Crippen molar-refractivity contribution in [2.45, 2.75) is 44.2 Å². The van der Waals surface area contributed by atoms with Crippen molar-refractivity contribution >= 4 is 28.3 Å². The zero-order valence-corrected chi connectivity index (χ0v) is 16.1. The number of hydrogen-bond donors (Lipinski definition) is 2. The Hall–Kier alpha value is -2.74. The number of ketones is 1. The van der Waals surface area contributed by atoms with Crippen molar-refractivity contribution in [3.05, 3.63) is 39.4 Å². The molecule has 1 aromatic carbocycles. The first-order valence-electron chi connectivity index (χ1n) is 9.99. The van der Waals surface area contributed by atoms with Crippen molar-refractivity contribution in [1.29, 1.82) is 0 Å². The molecule has 152 valence electrons. The highest BCUT2D eigenvalue weighted by Gasteiger charge is 2.42. The van der Waals surface area contributed by atoms with E-state index in [0.717, 1.165) is 25.3 Å². The number of rotatable bonds is 2. The van der Waals surface area contributed by atoms with Crippen LogP contribution in [0.5, 0.6) is 0 Å². The zero-order valence-electron chi connectivity index (χ0n) is 16.1. The number of pyridine rings is 1. The van der Waals surface area contributed by atoms with Gasteiger partial charge in [0, 0.05) is 43.8 Å². The molecular weight excluding hydrogens is 377 g/mol. The number of hydrogen-bond acceptors (Lipinski definition) is 5. The van der Waals surface area contributed by atoms with E-state index in [1.54, 1.807) is 11.5 Å². The molecule has 3 aliphatic rings. The molecule has 29 heavy (non-hydrogen) atoms. The van der Waals surface area contributed by atoms with Gasteiger partial charge in [-0.25, -0.2) is 9.18 Å². The van der Waals surface area contributed by atoms with Crippen LogP contribution in [-0.4, -0.2) is 46.6 Å². The number of nitrogens with zero attached hydrogens (tertiary/aromatic N) is 2. The molecule has 7 nitrogen and oxygen atoms in total. The second-order valence-corrected chi connectivity index (χ2v) is 8.52. The summed E-state index contributed by atoms with van der Waals surface area (Å²) < 4.78 is 17.0. The van der Waals surface area contributed by atoms with Gasteiger partial charge in [0.2, 0.25) is 5.43 Å². The average Bonchev–Trinajstić information content (AvgIpc) is 2.65. The molecule has 5 rings (SSSR count). The molecule has 1 aromatic heterocycles. The third kappa shape index (κ3) is 2.55. The van der Waals surface area contributed by atoms with E-state index in [0.29, 0.717) is 25.2 Å². The van der Waals surface area contributed by atoms with Gasteiger partial charge in [-0.05, 0) is 32.3 Å². The maximum Gasteiger partial charge on any atom is 0.341 e. The molecular formula is C21H22FN3O4. The predicted molar refractivity (Wildman–Crippen MR) is 106 cm³/mol. The minimum absolute atomic E-state index is 0.0375. The molecule has 1 atom stereocenters. The molecule has 1 aliphatic carbocycles. The summed E-state index contributed by atoms with van der Waals surface area (Å²) in [6, 6.07) is 0.802. The second-order valence-electron chi connectivity index (χ2n) is 8.52. The largest absolute Gasteiger partial charge is 0.477 e. The minimum Gasteiger partial charge on any atom is -0.477 e. The standard InChI is InChI=1S/C21H22FN3O4/c1-11-7-15(26)16-17-12(19(27)13(20(28)29)9-25(11)17)8-14(22)18(16)24-6-5-23-21(10-24)3-2-4-21/h8-9,11,23H,2-7,10H2,1H3,(H,28,29). The van der Waals surface area contributed by atoms with Crippen molar-refractivity contribution in [3.63, 3.8) is 0 Å². The molecule has 1 spiro atoms. The van der Waals surface area contributed by atoms with Gasteiger partial charge in [-0.15, -0.1) is 0 Å². The van der Waals surface area contributed by atoms with Gasteiger partial charge in [0.15, 0.2) is 5.78 Å². The summed E-state index contributed by atoms with van der Waals surface area (Å²) in [7, 11) is 0. The van der Waals surface area contributed by atoms with E-state index >= 15 is 4.39 Å². The van der Waals surface area contributed by atoms with Gasteiger partial charge in [0.25, 0.3) is 0 Å². The molecule has 2 aromatic rings. The van der Waals surface area contributed by atoms with Crippen LogP contribution in [0.4, 0.5) is 10.1 Å². The van der Waals surface area contributed by atoms with Crippen LogP contribution in [0.15, 0.2) is 17.1 Å². The summed E-state index contributed by atoms with van der Waals surface area (Å²) in [4.78, 5) is 39.2. The number of carboxylic acids is 1. The topological polar surface area (TPSA) is 91.6 Å². The molecule has 2 fully saturated rings. The Kier molecular flexibility index (Phi) is 3.87. The number of nitrogens with one attached hydrogen (secondary N) is 1. The number of piperazine rings is 1. The number of aromatic nitrogens is 1. The van der Waals surface area contributed by atoms with Crippen molar-refractivity contribution in [2.75, 3.05) is 24.5 Å². The Labute approximate surface area is 166 Å². The molecule has 8 heteroatoms. The summed E-state index contributed by atoms with van der Waals surface area (Å²) in [5, 5.41) is 12.9. The van der Waals surface area contributed by atoms with E-state index in [1.807, 2.05) is 4.90 Å². The Morgan fingerprint density at radius 3 is 2.76 bits per heavy atom. The third-order valence-corrected chi connectivity index (χ3v) is 6.71. The monoisotopic (exact) mass is 399 g/mol. The van der Waals surface area contributed by atoms with Gasteiger partial charge in [0.05, 0.1) is 22.2 Å². The van der Waals surface area contributed by atoms with Crippen LogP contribution < -0.4 is 15.6 Å². The van der Waals surface area contributed by atoms with E-state index in [9.17, 15) is 19.5 Å². The molecule has 3 heterocycles. The number of anilines is 1. The fourth-order valence-corrected chi connectivity index (χ4v) is 5.11. The Bertz CT molecular complexity index is 1140. The van der Waals surface area contributed by atoms with E-state index in [-0.39, 0.29) is 40.4 Å². The summed E-state index contributed by atoms with van der Waals surface area (Å²) >= 11 is 0. The fraction of sp³-hybridized carbons (Fsp3) is 0.476. The number of carbonyl (C=O) groups excluding carboxylic acids is 1. The van der Waals surface area contributed by atoms with Crippen molar-refractivity contribution < 1.29 is 19.1 Å².